The summed E-state index contributed by atoms with van der Waals surface area (Å²) in [5.41, 5.74) is 1.94. The van der Waals surface area contributed by atoms with Crippen molar-refractivity contribution in [3.63, 3.8) is 0 Å². The molecule has 1 heterocycles. The Labute approximate surface area is 154 Å². The number of benzene rings is 2. The molecule has 0 aliphatic heterocycles. The van der Waals surface area contributed by atoms with Crippen LogP contribution in [0.4, 0.5) is 0 Å². The maximum atomic E-state index is 12.2. The molecular weight excluding hydrogens is 356 g/mol. The molecule has 0 aliphatic carbocycles. The number of para-hydroxylation sites is 1. The first-order valence-electron chi connectivity index (χ1n) is 7.75. The van der Waals surface area contributed by atoms with Crippen LogP contribution in [0.1, 0.15) is 5.56 Å². The van der Waals surface area contributed by atoms with Crippen molar-refractivity contribution < 1.29 is 9.53 Å². The lowest BCUT2D eigenvalue weighted by Crippen LogP contribution is -2.19. The number of aryl methyl sites for hydroxylation is 1. The second-order valence-electron chi connectivity index (χ2n) is 5.41. The molecule has 1 amide bonds. The van der Waals surface area contributed by atoms with Gasteiger partial charge in [0.1, 0.15) is 5.75 Å². The normalized spacial score (nSPS) is 11.7. The van der Waals surface area contributed by atoms with Crippen molar-refractivity contribution >= 4 is 39.1 Å². The number of carbonyl (C=O) groups is 1. The van der Waals surface area contributed by atoms with Crippen LogP contribution in [0.15, 0.2) is 60.1 Å². The quantitative estimate of drug-likeness (QED) is 0.624. The molecule has 0 spiro atoms. The smallest absolute Gasteiger partial charge is 0.286 e. The molecule has 0 saturated carbocycles. The van der Waals surface area contributed by atoms with Crippen LogP contribution < -0.4 is 9.54 Å². The zero-order valence-corrected chi connectivity index (χ0v) is 15.3. The van der Waals surface area contributed by atoms with Crippen LogP contribution in [0.2, 0.25) is 5.02 Å². The van der Waals surface area contributed by atoms with Gasteiger partial charge in [0, 0.05) is 11.6 Å². The lowest BCUT2D eigenvalue weighted by atomic mass is 10.2. The number of rotatable bonds is 5. The molecule has 3 rings (SSSR count). The topological polar surface area (TPSA) is 43.6 Å². The van der Waals surface area contributed by atoms with E-state index in [0.717, 1.165) is 15.8 Å². The fourth-order valence-electron chi connectivity index (χ4n) is 2.50. The lowest BCUT2D eigenvalue weighted by molar-refractivity contribution is -0.120. The van der Waals surface area contributed by atoms with Crippen LogP contribution in [0.25, 0.3) is 10.2 Å². The number of nitrogens with zero attached hydrogens (tertiary/aromatic N) is 2. The Hall–Kier alpha value is -2.37. The molecule has 1 aromatic heterocycles. The van der Waals surface area contributed by atoms with Gasteiger partial charge in [0.15, 0.2) is 11.4 Å². The van der Waals surface area contributed by atoms with Gasteiger partial charge in [0.05, 0.1) is 10.2 Å². The standard InChI is InChI=1S/C19H17ClN2O2S/c1-3-11-22-18-13(2)15(20)9-10-16(18)25-19(22)21-17(23)12-24-14-7-5-4-6-8-14/h3-10H,1,11-12H2,2H3. The van der Waals surface area contributed by atoms with Crippen molar-refractivity contribution in [2.24, 2.45) is 4.99 Å². The van der Waals surface area contributed by atoms with E-state index in [0.29, 0.717) is 22.1 Å². The van der Waals surface area contributed by atoms with Crippen molar-refractivity contribution in [3.8, 4) is 5.75 Å². The fraction of sp³-hybridized carbons (Fsp3) is 0.158. The summed E-state index contributed by atoms with van der Waals surface area (Å²) in [5.74, 6) is 0.306. The summed E-state index contributed by atoms with van der Waals surface area (Å²) in [7, 11) is 0. The van der Waals surface area contributed by atoms with E-state index in [1.54, 1.807) is 18.2 Å². The first-order valence-corrected chi connectivity index (χ1v) is 8.94. The van der Waals surface area contributed by atoms with Gasteiger partial charge in [-0.2, -0.15) is 4.99 Å². The molecule has 4 nitrogen and oxygen atoms in total. The average Bonchev–Trinajstić information content (AvgIpc) is 2.96. The molecule has 0 fully saturated rings. The molecule has 0 bridgehead atoms. The third-order valence-electron chi connectivity index (χ3n) is 3.67. The zero-order valence-electron chi connectivity index (χ0n) is 13.7. The predicted molar refractivity (Wildman–Crippen MR) is 102 cm³/mol. The first-order chi connectivity index (χ1) is 12.1. The van der Waals surface area contributed by atoms with E-state index >= 15 is 0 Å². The molecule has 6 heteroatoms. The minimum absolute atomic E-state index is 0.105. The number of carbonyl (C=O) groups excluding carboxylic acids is 1. The van der Waals surface area contributed by atoms with E-state index in [9.17, 15) is 4.79 Å². The van der Waals surface area contributed by atoms with Crippen molar-refractivity contribution in [1.29, 1.82) is 0 Å². The molecule has 0 unspecified atom stereocenters. The van der Waals surface area contributed by atoms with E-state index in [2.05, 4.69) is 11.6 Å². The van der Waals surface area contributed by atoms with Gasteiger partial charge in [-0.05, 0) is 36.8 Å². The molecule has 0 saturated heterocycles. The van der Waals surface area contributed by atoms with Gasteiger partial charge in [-0.15, -0.1) is 6.58 Å². The number of aromatic nitrogens is 1. The van der Waals surface area contributed by atoms with E-state index in [1.807, 2.05) is 41.8 Å². The number of hydrogen-bond acceptors (Lipinski definition) is 3. The number of halogens is 1. The Morgan fingerprint density at radius 3 is 2.80 bits per heavy atom. The molecule has 0 radical (unpaired) electrons. The molecule has 3 aromatic rings. The Morgan fingerprint density at radius 2 is 2.08 bits per heavy atom. The number of hydrogen-bond donors (Lipinski definition) is 0. The van der Waals surface area contributed by atoms with Gasteiger partial charge in [-0.3, -0.25) is 4.79 Å². The Balaban J connectivity index is 1.95. The number of amides is 1. The summed E-state index contributed by atoms with van der Waals surface area (Å²) in [4.78, 5) is 17.1. The minimum atomic E-state index is -0.336. The maximum Gasteiger partial charge on any atom is 0.286 e. The van der Waals surface area contributed by atoms with Gasteiger partial charge >= 0.3 is 0 Å². The van der Waals surface area contributed by atoms with Crippen LogP contribution in [-0.2, 0) is 11.3 Å². The summed E-state index contributed by atoms with van der Waals surface area (Å²) >= 11 is 7.69. The summed E-state index contributed by atoms with van der Waals surface area (Å²) < 4.78 is 8.45. The summed E-state index contributed by atoms with van der Waals surface area (Å²) in [6, 6.07) is 13.0. The monoisotopic (exact) mass is 372 g/mol. The number of thiazole rings is 1. The molecule has 0 aliphatic rings. The van der Waals surface area contributed by atoms with Gasteiger partial charge in [-0.25, -0.2) is 0 Å². The third kappa shape index (κ3) is 3.83. The fourth-order valence-corrected chi connectivity index (χ4v) is 3.77. The van der Waals surface area contributed by atoms with Gasteiger partial charge in [-0.1, -0.05) is 47.2 Å². The molecular formula is C19H17ClN2O2S. The van der Waals surface area contributed by atoms with Gasteiger partial charge < -0.3 is 9.30 Å². The highest BCUT2D eigenvalue weighted by Gasteiger charge is 2.11. The van der Waals surface area contributed by atoms with E-state index in [1.165, 1.54) is 11.3 Å². The van der Waals surface area contributed by atoms with Crippen molar-refractivity contribution in [2.75, 3.05) is 6.61 Å². The summed E-state index contributed by atoms with van der Waals surface area (Å²) in [6.07, 6.45) is 1.77. The Bertz CT molecular complexity index is 990. The van der Waals surface area contributed by atoms with Crippen LogP contribution in [0.5, 0.6) is 5.75 Å². The molecule has 0 N–H and O–H groups in total. The molecule has 25 heavy (non-hydrogen) atoms. The molecule has 0 atom stereocenters. The average molecular weight is 373 g/mol. The number of ether oxygens (including phenoxy) is 1. The zero-order chi connectivity index (χ0) is 17.8. The van der Waals surface area contributed by atoms with Crippen molar-refractivity contribution in [1.82, 2.24) is 4.57 Å². The van der Waals surface area contributed by atoms with Crippen LogP contribution >= 0.6 is 22.9 Å². The van der Waals surface area contributed by atoms with E-state index in [-0.39, 0.29) is 12.5 Å². The summed E-state index contributed by atoms with van der Waals surface area (Å²) in [5, 5.41) is 0.688. The van der Waals surface area contributed by atoms with E-state index < -0.39 is 0 Å². The van der Waals surface area contributed by atoms with Crippen molar-refractivity contribution in [2.45, 2.75) is 13.5 Å². The first kappa shape index (κ1) is 17.5. The summed E-state index contributed by atoms with van der Waals surface area (Å²) in [6.45, 7) is 6.19. The Morgan fingerprint density at radius 1 is 1.32 bits per heavy atom. The second-order valence-corrected chi connectivity index (χ2v) is 6.83. The van der Waals surface area contributed by atoms with Crippen molar-refractivity contribution in [3.05, 3.63) is 70.5 Å². The third-order valence-corrected chi connectivity index (χ3v) is 5.12. The highest BCUT2D eigenvalue weighted by Crippen LogP contribution is 2.27. The second kappa shape index (κ2) is 7.68. The minimum Gasteiger partial charge on any atom is -0.484 e. The maximum absolute atomic E-state index is 12.2. The van der Waals surface area contributed by atoms with Gasteiger partial charge in [0.25, 0.3) is 5.91 Å². The number of allylic oxidation sites excluding steroid dienone is 1. The highest BCUT2D eigenvalue weighted by atomic mass is 35.5. The van der Waals surface area contributed by atoms with Crippen LogP contribution in [0.3, 0.4) is 0 Å². The largest absolute Gasteiger partial charge is 0.484 e. The van der Waals surface area contributed by atoms with Crippen LogP contribution in [0, 0.1) is 6.92 Å². The van der Waals surface area contributed by atoms with Gasteiger partial charge in [0.2, 0.25) is 0 Å². The number of fused-ring (bicyclic) bond motifs is 1. The molecule has 128 valence electrons. The predicted octanol–water partition coefficient (Wildman–Crippen LogP) is 4.36. The van der Waals surface area contributed by atoms with E-state index in [4.69, 9.17) is 16.3 Å². The lowest BCUT2D eigenvalue weighted by Gasteiger charge is -2.05. The highest BCUT2D eigenvalue weighted by molar-refractivity contribution is 7.16. The SMILES string of the molecule is C=CCn1c(=NC(=O)COc2ccccc2)sc2ccc(Cl)c(C)c21. The molecule has 2 aromatic carbocycles. The Kier molecular flexibility index (Phi) is 5.36. The van der Waals surface area contributed by atoms with Crippen LogP contribution in [-0.4, -0.2) is 17.1 Å².